The van der Waals surface area contributed by atoms with E-state index < -0.39 is 0 Å². The number of nitrogens with one attached hydrogen (secondary N) is 2. The van der Waals surface area contributed by atoms with Gasteiger partial charge >= 0.3 is 0 Å². The monoisotopic (exact) mass is 391 g/mol. The van der Waals surface area contributed by atoms with Crippen molar-refractivity contribution in [1.29, 1.82) is 0 Å². The zero-order valence-electron chi connectivity index (χ0n) is 14.3. The van der Waals surface area contributed by atoms with Crippen LogP contribution in [-0.4, -0.2) is 33.6 Å². The molecule has 2 N–H and O–H groups in total. The number of ether oxygens (including phenoxy) is 2. The van der Waals surface area contributed by atoms with Crippen molar-refractivity contribution in [2.75, 3.05) is 19.1 Å². The van der Waals surface area contributed by atoms with Gasteiger partial charge in [-0.1, -0.05) is 11.6 Å². The Bertz CT molecular complexity index is 942. The largest absolute Gasteiger partial charge is 0.493 e. The Labute approximate surface area is 160 Å². The Morgan fingerprint density at radius 1 is 1.31 bits per heavy atom. The molecule has 0 aliphatic heterocycles. The highest BCUT2D eigenvalue weighted by Crippen LogP contribution is 2.36. The highest BCUT2D eigenvalue weighted by atomic mass is 35.5. The van der Waals surface area contributed by atoms with Crippen LogP contribution in [0.4, 0.5) is 0 Å². The fourth-order valence-corrected chi connectivity index (χ4v) is 2.95. The molecule has 0 spiro atoms. The second kappa shape index (κ2) is 8.20. The number of pyridine rings is 1. The van der Waals surface area contributed by atoms with Gasteiger partial charge in [-0.15, -0.1) is 0 Å². The summed E-state index contributed by atoms with van der Waals surface area (Å²) >= 11 is 11.6. The minimum absolute atomic E-state index is 0.459. The molecule has 0 unspecified atom stereocenters. The van der Waals surface area contributed by atoms with E-state index in [1.165, 1.54) is 0 Å². The number of aromatic nitrogens is 4. The van der Waals surface area contributed by atoms with Gasteiger partial charge in [0.15, 0.2) is 17.3 Å². The second-order valence-electron chi connectivity index (χ2n) is 5.30. The smallest absolute Gasteiger partial charge is 0.214 e. The lowest BCUT2D eigenvalue weighted by molar-refractivity contribution is 0.311. The fraction of sp³-hybridized carbons (Fsp3) is 0.235. The van der Waals surface area contributed by atoms with Gasteiger partial charge in [-0.3, -0.25) is 4.98 Å². The Kier molecular flexibility index (Phi) is 5.75. The molecule has 0 aliphatic carbocycles. The molecule has 0 fully saturated rings. The zero-order valence-corrected chi connectivity index (χ0v) is 15.9. The molecule has 0 amide bonds. The van der Waals surface area contributed by atoms with Crippen LogP contribution in [-0.2, 0) is 6.54 Å². The topological polar surface area (TPSA) is 77.0 Å². The molecular weight excluding hydrogens is 374 g/mol. The lowest BCUT2D eigenvalue weighted by Gasteiger charge is -2.14. The van der Waals surface area contributed by atoms with E-state index in [9.17, 15) is 0 Å². The number of aromatic amines is 1. The van der Waals surface area contributed by atoms with Crippen molar-refractivity contribution >= 4 is 23.8 Å². The molecular formula is C17H18ClN5O2S. The first-order chi connectivity index (χ1) is 12.6. The van der Waals surface area contributed by atoms with Crippen LogP contribution in [0.25, 0.3) is 11.4 Å². The predicted octanol–water partition coefficient (Wildman–Crippen LogP) is 3.81. The molecule has 9 heteroatoms. The summed E-state index contributed by atoms with van der Waals surface area (Å²) in [6.07, 6.45) is 3.41. The van der Waals surface area contributed by atoms with E-state index in [1.807, 2.05) is 31.2 Å². The van der Waals surface area contributed by atoms with Crippen LogP contribution in [0, 0.1) is 4.77 Å². The van der Waals surface area contributed by atoms with Crippen LogP contribution >= 0.6 is 23.8 Å². The maximum absolute atomic E-state index is 6.33. The summed E-state index contributed by atoms with van der Waals surface area (Å²) in [6, 6.07) is 7.43. The van der Waals surface area contributed by atoms with Crippen molar-refractivity contribution < 1.29 is 9.47 Å². The van der Waals surface area contributed by atoms with Gasteiger partial charge in [0.05, 0.1) is 25.3 Å². The highest BCUT2D eigenvalue weighted by Gasteiger charge is 2.13. The van der Waals surface area contributed by atoms with Crippen molar-refractivity contribution in [3.05, 3.63) is 52.0 Å². The summed E-state index contributed by atoms with van der Waals surface area (Å²) in [5.74, 6) is 1.79. The van der Waals surface area contributed by atoms with Crippen LogP contribution in [0.5, 0.6) is 11.5 Å². The quantitative estimate of drug-likeness (QED) is 0.596. The summed E-state index contributed by atoms with van der Waals surface area (Å²) in [7, 11) is 1.58. The van der Waals surface area contributed by atoms with Gasteiger partial charge in [0, 0.05) is 18.0 Å². The third-order valence-electron chi connectivity index (χ3n) is 3.63. The molecule has 3 aromatic rings. The Balaban J connectivity index is 1.85. The van der Waals surface area contributed by atoms with E-state index in [2.05, 4.69) is 20.6 Å². The van der Waals surface area contributed by atoms with Crippen molar-refractivity contribution in [3.8, 4) is 22.9 Å². The molecule has 2 heterocycles. The van der Waals surface area contributed by atoms with Gasteiger partial charge in [0.2, 0.25) is 4.77 Å². The molecule has 0 radical (unpaired) electrons. The normalized spacial score (nSPS) is 10.6. The molecule has 3 rings (SSSR count). The summed E-state index contributed by atoms with van der Waals surface area (Å²) in [5.41, 5.74) is 5.06. The first-order valence-electron chi connectivity index (χ1n) is 7.95. The van der Waals surface area contributed by atoms with Crippen LogP contribution in [0.3, 0.4) is 0 Å². The van der Waals surface area contributed by atoms with Gasteiger partial charge in [0.25, 0.3) is 0 Å². The maximum atomic E-state index is 6.33. The predicted molar refractivity (Wildman–Crippen MR) is 103 cm³/mol. The van der Waals surface area contributed by atoms with E-state index in [4.69, 9.17) is 33.3 Å². The second-order valence-corrected chi connectivity index (χ2v) is 6.09. The number of nitrogens with zero attached hydrogens (tertiary/aromatic N) is 3. The van der Waals surface area contributed by atoms with Crippen molar-refractivity contribution in [1.82, 2.24) is 19.9 Å². The number of H-pyrrole nitrogens is 1. The lowest BCUT2D eigenvalue weighted by atomic mass is 10.2. The molecule has 136 valence electrons. The minimum Gasteiger partial charge on any atom is -0.493 e. The molecule has 2 aromatic heterocycles. The summed E-state index contributed by atoms with van der Waals surface area (Å²) in [4.78, 5) is 4.02. The molecule has 7 nitrogen and oxygen atoms in total. The SMILES string of the molecule is CCOc1c(Cl)cc(CNn2c(-c3ccncc3)n[nH]c2=S)cc1OC. The van der Waals surface area contributed by atoms with Crippen molar-refractivity contribution in [2.24, 2.45) is 0 Å². The fourth-order valence-electron chi connectivity index (χ4n) is 2.47. The van der Waals surface area contributed by atoms with Crippen LogP contribution in [0.2, 0.25) is 5.02 Å². The van der Waals surface area contributed by atoms with Crippen LogP contribution in [0.15, 0.2) is 36.7 Å². The number of methoxy groups -OCH3 is 1. The molecule has 0 aliphatic rings. The van der Waals surface area contributed by atoms with Gasteiger partial charge in [-0.2, -0.15) is 5.10 Å². The Hall–Kier alpha value is -2.58. The first-order valence-corrected chi connectivity index (χ1v) is 8.73. The van der Waals surface area contributed by atoms with Gasteiger partial charge in [-0.05, 0) is 49.0 Å². The Morgan fingerprint density at radius 3 is 2.77 bits per heavy atom. The van der Waals surface area contributed by atoms with E-state index in [1.54, 1.807) is 24.2 Å². The van der Waals surface area contributed by atoms with E-state index in [-0.39, 0.29) is 0 Å². The van der Waals surface area contributed by atoms with Gasteiger partial charge in [0.1, 0.15) is 0 Å². The maximum Gasteiger partial charge on any atom is 0.214 e. The summed E-state index contributed by atoms with van der Waals surface area (Å²) in [5, 5.41) is 7.56. The van der Waals surface area contributed by atoms with Gasteiger partial charge in [-0.25, -0.2) is 9.77 Å². The van der Waals surface area contributed by atoms with Gasteiger partial charge < -0.3 is 14.9 Å². The first kappa shape index (κ1) is 18.2. The average molecular weight is 392 g/mol. The molecule has 0 saturated heterocycles. The standard InChI is InChI=1S/C17H18ClN5O2S/c1-3-25-15-13(18)8-11(9-14(15)24-2)10-20-23-16(21-22-17(23)26)12-4-6-19-7-5-12/h4-9,20H,3,10H2,1-2H3,(H,22,26). The number of hydrogen-bond acceptors (Lipinski definition) is 6. The number of hydrogen-bond donors (Lipinski definition) is 2. The van der Waals surface area contributed by atoms with Crippen molar-refractivity contribution in [3.63, 3.8) is 0 Å². The average Bonchev–Trinajstić information content (AvgIpc) is 3.03. The Morgan fingerprint density at radius 2 is 2.08 bits per heavy atom. The molecule has 0 atom stereocenters. The highest BCUT2D eigenvalue weighted by molar-refractivity contribution is 7.71. The third kappa shape index (κ3) is 3.81. The van der Waals surface area contributed by atoms with E-state index in [0.717, 1.165) is 11.1 Å². The molecule has 0 saturated carbocycles. The van der Waals surface area contributed by atoms with Crippen molar-refractivity contribution in [2.45, 2.75) is 13.5 Å². The third-order valence-corrected chi connectivity index (χ3v) is 4.18. The van der Waals surface area contributed by atoms with Crippen LogP contribution in [0.1, 0.15) is 12.5 Å². The number of benzene rings is 1. The lowest BCUT2D eigenvalue weighted by Crippen LogP contribution is -2.16. The number of halogens is 1. The van der Waals surface area contributed by atoms with E-state index in [0.29, 0.717) is 40.3 Å². The zero-order chi connectivity index (χ0) is 18.5. The minimum atomic E-state index is 0.459. The number of rotatable bonds is 7. The summed E-state index contributed by atoms with van der Waals surface area (Å²) < 4.78 is 13.1. The van der Waals surface area contributed by atoms with Crippen LogP contribution < -0.4 is 14.9 Å². The molecule has 0 bridgehead atoms. The molecule has 1 aromatic carbocycles. The molecule has 26 heavy (non-hydrogen) atoms. The van der Waals surface area contributed by atoms with E-state index >= 15 is 0 Å². The summed E-state index contributed by atoms with van der Waals surface area (Å²) in [6.45, 7) is 2.87.